The largest absolute Gasteiger partial charge is 0.613 e. The molecule has 0 atom stereocenters. The molecule has 0 aromatic rings. The van der Waals surface area contributed by atoms with Gasteiger partial charge >= 0.3 is 0 Å². The molecule has 0 aliphatic carbocycles. The molecule has 0 aliphatic heterocycles. The number of nitrogens with one attached hydrogen (secondary N) is 1. The Kier molecular flexibility index (Phi) is 12.0. The third-order valence-electron chi connectivity index (χ3n) is 2.97. The normalized spacial score (nSPS) is 10.3. The van der Waals surface area contributed by atoms with Crippen LogP contribution in [-0.4, -0.2) is 43.7 Å². The van der Waals surface area contributed by atoms with Crippen LogP contribution in [-0.2, 0) is 47.0 Å². The van der Waals surface area contributed by atoms with Crippen molar-refractivity contribution in [1.82, 2.24) is 10.2 Å². The van der Waals surface area contributed by atoms with Crippen LogP contribution in [0.3, 0.4) is 0 Å². The number of rotatable bonds is 8. The Morgan fingerprint density at radius 1 is 1.37 bits per heavy atom. The molecular weight excluding hydrogens is 320 g/mol. The standard InChI is InChI=1S/C12H21BN2O3.Y/c1-5-12(6-2,18-4)11(17)15(7-3)8-10(16)14-9-13;/h7-8H,5-6,9H2,1-4H3,(H,14,16);/q-2;. The van der Waals surface area contributed by atoms with Crippen LogP contribution >= 0.6 is 0 Å². The molecular formula is C12H21BN2O3Y-2. The van der Waals surface area contributed by atoms with Crippen molar-refractivity contribution >= 4 is 19.7 Å². The molecule has 0 saturated heterocycles. The van der Waals surface area contributed by atoms with E-state index in [0.29, 0.717) is 12.8 Å². The Hall–Kier alpha value is -0.0612. The van der Waals surface area contributed by atoms with E-state index in [0.717, 1.165) is 0 Å². The van der Waals surface area contributed by atoms with Gasteiger partial charge in [0.15, 0.2) is 0 Å². The number of carbonyl (C=O) groups excluding carboxylic acids is 2. The van der Waals surface area contributed by atoms with E-state index in [4.69, 9.17) is 12.6 Å². The van der Waals surface area contributed by atoms with Gasteiger partial charge in [0.05, 0.1) is 13.8 Å². The number of methoxy groups -OCH3 is 1. The number of carbonyl (C=O) groups is 2. The second-order valence-corrected chi connectivity index (χ2v) is 3.75. The first-order valence-electron chi connectivity index (χ1n) is 6.01. The smallest absolute Gasteiger partial charge is 0.201 e. The van der Waals surface area contributed by atoms with Crippen LogP contribution < -0.4 is 5.32 Å². The molecule has 0 spiro atoms. The van der Waals surface area contributed by atoms with Crippen LogP contribution in [0.4, 0.5) is 0 Å². The summed E-state index contributed by atoms with van der Waals surface area (Å²) >= 11 is 0. The van der Waals surface area contributed by atoms with E-state index in [1.807, 2.05) is 13.8 Å². The second-order valence-electron chi connectivity index (χ2n) is 3.75. The minimum atomic E-state index is -0.897. The quantitative estimate of drug-likeness (QED) is 0.520. The molecule has 2 amide bonds. The van der Waals surface area contributed by atoms with E-state index in [-0.39, 0.29) is 45.1 Å². The zero-order chi connectivity index (χ0) is 14.2. The fourth-order valence-corrected chi connectivity index (χ4v) is 1.69. The van der Waals surface area contributed by atoms with Gasteiger partial charge in [0.1, 0.15) is 5.60 Å². The summed E-state index contributed by atoms with van der Waals surface area (Å²) in [6.45, 7) is 8.12. The molecule has 0 rings (SSSR count). The van der Waals surface area contributed by atoms with Crippen LogP contribution in [0.15, 0.2) is 0 Å². The number of hydrogen-bond acceptors (Lipinski definition) is 3. The van der Waals surface area contributed by atoms with Gasteiger partial charge in [0.2, 0.25) is 5.91 Å². The Morgan fingerprint density at radius 2 is 1.89 bits per heavy atom. The molecule has 0 saturated carbocycles. The molecule has 0 aliphatic rings. The van der Waals surface area contributed by atoms with E-state index in [2.05, 4.69) is 5.32 Å². The van der Waals surface area contributed by atoms with Crippen molar-refractivity contribution in [2.45, 2.75) is 39.2 Å². The Labute approximate surface area is 142 Å². The monoisotopic (exact) mass is 341 g/mol. The molecule has 0 aromatic heterocycles. The first kappa shape index (κ1) is 21.2. The van der Waals surface area contributed by atoms with Gasteiger partial charge in [-0.15, -0.1) is 0 Å². The molecule has 7 heteroatoms. The molecule has 0 heterocycles. The Bertz CT molecular complexity index is 278. The third-order valence-corrected chi connectivity index (χ3v) is 2.97. The van der Waals surface area contributed by atoms with Gasteiger partial charge in [0, 0.05) is 39.8 Å². The topological polar surface area (TPSA) is 58.6 Å². The van der Waals surface area contributed by atoms with E-state index in [9.17, 15) is 9.59 Å². The van der Waals surface area contributed by atoms with Gasteiger partial charge in [-0.1, -0.05) is 13.8 Å². The number of ether oxygens (including phenoxy) is 1. The maximum absolute atomic E-state index is 12.4. The fourth-order valence-electron chi connectivity index (χ4n) is 1.69. The molecule has 0 unspecified atom stereocenters. The van der Waals surface area contributed by atoms with Crippen molar-refractivity contribution in [2.24, 2.45) is 0 Å². The van der Waals surface area contributed by atoms with Gasteiger partial charge in [-0.2, -0.15) is 6.92 Å². The minimum Gasteiger partial charge on any atom is -0.613 e. The Balaban J connectivity index is 0. The van der Waals surface area contributed by atoms with Crippen LogP contribution in [0.2, 0.25) is 0 Å². The SMILES string of the molecule is [B]CNC(=O)[CH-]N([CH-]C)C(=O)C(CC)(CC)OC.[Y]. The van der Waals surface area contributed by atoms with Crippen LogP contribution in [0.5, 0.6) is 0 Å². The fraction of sp³-hybridized carbons (Fsp3) is 0.667. The summed E-state index contributed by atoms with van der Waals surface area (Å²) < 4.78 is 5.33. The molecule has 1 N–H and O–H groups in total. The summed E-state index contributed by atoms with van der Waals surface area (Å²) in [7, 11) is 6.70. The molecule has 0 fully saturated rings. The average Bonchev–Trinajstić information content (AvgIpc) is 2.38. The van der Waals surface area contributed by atoms with Crippen molar-refractivity contribution in [1.29, 1.82) is 0 Å². The molecule has 3 radical (unpaired) electrons. The van der Waals surface area contributed by atoms with Gasteiger partial charge in [0.25, 0.3) is 0 Å². The van der Waals surface area contributed by atoms with Crippen LogP contribution in [0.25, 0.3) is 0 Å². The molecule has 105 valence electrons. The van der Waals surface area contributed by atoms with E-state index < -0.39 is 11.5 Å². The first-order valence-corrected chi connectivity index (χ1v) is 6.01. The first-order chi connectivity index (χ1) is 8.51. The van der Waals surface area contributed by atoms with Crippen molar-refractivity contribution in [3.63, 3.8) is 0 Å². The van der Waals surface area contributed by atoms with Crippen molar-refractivity contribution in [3.8, 4) is 0 Å². The second kappa shape index (κ2) is 10.7. The van der Waals surface area contributed by atoms with Gasteiger partial charge in [-0.25, -0.2) is 0 Å². The molecule has 0 aromatic carbocycles. The van der Waals surface area contributed by atoms with Gasteiger partial charge in [-0.3, -0.25) is 17.9 Å². The Morgan fingerprint density at radius 3 is 2.21 bits per heavy atom. The summed E-state index contributed by atoms with van der Waals surface area (Å²) in [4.78, 5) is 25.0. The maximum atomic E-state index is 12.4. The minimum absolute atomic E-state index is 0. The summed E-state index contributed by atoms with van der Waals surface area (Å²) in [5.74, 6) is -0.675. The van der Waals surface area contributed by atoms with Gasteiger partial charge in [-0.05, 0) is 19.3 Å². The molecule has 19 heavy (non-hydrogen) atoms. The zero-order valence-electron chi connectivity index (χ0n) is 12.1. The predicted molar refractivity (Wildman–Crippen MR) is 70.2 cm³/mol. The van der Waals surface area contributed by atoms with Crippen LogP contribution in [0, 0.1) is 13.1 Å². The average molecular weight is 341 g/mol. The summed E-state index contributed by atoms with van der Waals surface area (Å²) in [6, 6.07) is 0. The van der Waals surface area contributed by atoms with Crippen molar-refractivity contribution in [3.05, 3.63) is 13.1 Å². The van der Waals surface area contributed by atoms with E-state index in [1.165, 1.54) is 25.1 Å². The van der Waals surface area contributed by atoms with Crippen LogP contribution in [0.1, 0.15) is 33.6 Å². The molecule has 5 nitrogen and oxygen atoms in total. The molecule has 0 bridgehead atoms. The van der Waals surface area contributed by atoms with Crippen molar-refractivity contribution in [2.75, 3.05) is 13.6 Å². The van der Waals surface area contributed by atoms with E-state index >= 15 is 0 Å². The number of amides is 2. The third kappa shape index (κ3) is 5.84. The zero-order valence-corrected chi connectivity index (χ0v) is 14.9. The number of nitrogens with zero attached hydrogens (tertiary/aromatic N) is 1. The van der Waals surface area contributed by atoms with Crippen molar-refractivity contribution < 1.29 is 47.0 Å². The summed E-state index contributed by atoms with van der Waals surface area (Å²) in [5, 5.41) is 2.40. The van der Waals surface area contributed by atoms with Gasteiger partial charge < -0.3 is 19.7 Å². The van der Waals surface area contributed by atoms with E-state index in [1.54, 1.807) is 6.92 Å². The predicted octanol–water partition coefficient (Wildman–Crippen LogP) is 0.603. The summed E-state index contributed by atoms with van der Waals surface area (Å²) in [5.41, 5.74) is -0.897. The maximum Gasteiger partial charge on any atom is 0.201 e. The number of hydrogen-bond donors (Lipinski definition) is 1. The summed E-state index contributed by atoms with van der Waals surface area (Å²) in [6.07, 6.45) is 1.10.